The molecule has 0 aromatic carbocycles. The monoisotopic (exact) mass is 307 g/mol. The Morgan fingerprint density at radius 2 is 1.74 bits per heavy atom. The number of carbonyl (C=O) groups is 2. The number of aromatic carboxylic acids is 1. The molecule has 0 saturated heterocycles. The lowest BCUT2D eigenvalue weighted by Crippen LogP contribution is -2.28. The minimum atomic E-state index is -1.41. The second kappa shape index (κ2) is 5.58. The first-order valence-corrected chi connectivity index (χ1v) is 5.82. The number of carboxylic acids is 1. The minimum Gasteiger partial charge on any atom is -0.476 e. The lowest BCUT2D eigenvalue weighted by atomic mass is 10.2. The Kier molecular flexibility index (Phi) is 4.54. The molecule has 1 heterocycles. The third-order valence-electron chi connectivity index (χ3n) is 1.64. The van der Waals surface area contributed by atoms with E-state index < -0.39 is 23.4 Å². The van der Waals surface area contributed by atoms with Crippen LogP contribution >= 0.6 is 23.2 Å². The number of halogens is 2. The van der Waals surface area contributed by atoms with E-state index in [0.717, 1.165) is 0 Å². The number of carbonyl (C=O) groups excluding carboxylic acids is 1. The fraction of sp³-hybridized carbons (Fsp3) is 0.400. The first-order valence-electron chi connectivity index (χ1n) is 5.06. The number of anilines is 1. The van der Waals surface area contributed by atoms with E-state index in [2.05, 4.69) is 15.3 Å². The fourth-order valence-electron chi connectivity index (χ4n) is 1.03. The lowest BCUT2D eigenvalue weighted by molar-refractivity contribution is 0.0635. The van der Waals surface area contributed by atoms with E-state index >= 15 is 0 Å². The van der Waals surface area contributed by atoms with Crippen molar-refractivity contribution >= 4 is 41.1 Å². The summed E-state index contributed by atoms with van der Waals surface area (Å²) in [6, 6.07) is 0. The van der Waals surface area contributed by atoms with Gasteiger partial charge in [-0.3, -0.25) is 5.32 Å². The van der Waals surface area contributed by atoms with Gasteiger partial charge in [-0.05, 0) is 20.8 Å². The summed E-state index contributed by atoms with van der Waals surface area (Å²) in [4.78, 5) is 29.6. The number of hydrogen-bond acceptors (Lipinski definition) is 5. The fourth-order valence-corrected chi connectivity index (χ4v) is 1.28. The first kappa shape index (κ1) is 15.5. The van der Waals surface area contributed by atoms with Crippen molar-refractivity contribution in [3.8, 4) is 0 Å². The smallest absolute Gasteiger partial charge is 0.413 e. The van der Waals surface area contributed by atoms with Gasteiger partial charge in [-0.2, -0.15) is 0 Å². The number of ether oxygens (including phenoxy) is 1. The number of aromatic nitrogens is 2. The topological polar surface area (TPSA) is 101 Å². The summed E-state index contributed by atoms with van der Waals surface area (Å²) in [5.41, 5.74) is -1.27. The molecule has 0 atom stereocenters. The van der Waals surface area contributed by atoms with Gasteiger partial charge in [0, 0.05) is 0 Å². The SMILES string of the molecule is CC(C)(C)OC(=O)Nc1nc(Cl)c(Cl)nc1C(=O)O. The van der Waals surface area contributed by atoms with Crippen molar-refractivity contribution in [2.45, 2.75) is 26.4 Å². The molecule has 1 aromatic heterocycles. The van der Waals surface area contributed by atoms with Gasteiger partial charge in [-0.15, -0.1) is 0 Å². The predicted octanol–water partition coefficient (Wildman–Crippen LogP) is 2.83. The molecular formula is C10H11Cl2N3O4. The van der Waals surface area contributed by atoms with Crippen LogP contribution in [0.3, 0.4) is 0 Å². The molecule has 0 spiro atoms. The van der Waals surface area contributed by atoms with Crippen LogP contribution in [-0.2, 0) is 4.74 Å². The molecule has 7 nitrogen and oxygen atoms in total. The van der Waals surface area contributed by atoms with Crippen molar-refractivity contribution < 1.29 is 19.4 Å². The van der Waals surface area contributed by atoms with Crippen molar-refractivity contribution in [1.29, 1.82) is 0 Å². The van der Waals surface area contributed by atoms with Crippen LogP contribution in [-0.4, -0.2) is 32.7 Å². The van der Waals surface area contributed by atoms with E-state index in [-0.39, 0.29) is 16.1 Å². The van der Waals surface area contributed by atoms with E-state index in [1.807, 2.05) is 0 Å². The van der Waals surface area contributed by atoms with E-state index in [1.54, 1.807) is 20.8 Å². The highest BCUT2D eigenvalue weighted by Gasteiger charge is 2.22. The van der Waals surface area contributed by atoms with Crippen LogP contribution < -0.4 is 5.32 Å². The number of carboxylic acid groups (broad SMARTS) is 1. The Bertz CT molecular complexity index is 528. The Hall–Kier alpha value is -1.60. The summed E-state index contributed by atoms with van der Waals surface area (Å²) >= 11 is 11.2. The minimum absolute atomic E-state index is 0.224. The number of nitrogens with zero attached hydrogens (tertiary/aromatic N) is 2. The molecule has 0 aliphatic carbocycles. The van der Waals surface area contributed by atoms with Crippen LogP contribution in [0.15, 0.2) is 0 Å². The molecule has 0 fully saturated rings. The summed E-state index contributed by atoms with van der Waals surface area (Å²) in [5, 5.41) is 10.6. The summed E-state index contributed by atoms with van der Waals surface area (Å²) in [7, 11) is 0. The van der Waals surface area contributed by atoms with Crippen LogP contribution in [0.5, 0.6) is 0 Å². The molecule has 0 unspecified atom stereocenters. The maximum Gasteiger partial charge on any atom is 0.413 e. The second-order valence-corrected chi connectivity index (χ2v) is 5.15. The molecule has 0 saturated carbocycles. The van der Waals surface area contributed by atoms with Crippen LogP contribution in [0.1, 0.15) is 31.3 Å². The quantitative estimate of drug-likeness (QED) is 0.871. The molecule has 0 bridgehead atoms. The largest absolute Gasteiger partial charge is 0.476 e. The molecule has 19 heavy (non-hydrogen) atoms. The Balaban J connectivity index is 3.03. The number of hydrogen-bond donors (Lipinski definition) is 2. The second-order valence-electron chi connectivity index (χ2n) is 4.43. The first-order chi connectivity index (χ1) is 8.60. The van der Waals surface area contributed by atoms with Crippen molar-refractivity contribution in [1.82, 2.24) is 9.97 Å². The lowest BCUT2D eigenvalue weighted by Gasteiger charge is -2.19. The van der Waals surface area contributed by atoms with Gasteiger partial charge in [0.05, 0.1) is 0 Å². The van der Waals surface area contributed by atoms with Crippen molar-refractivity contribution in [3.05, 3.63) is 16.0 Å². The van der Waals surface area contributed by atoms with Crippen LogP contribution in [0, 0.1) is 0 Å². The highest BCUT2D eigenvalue weighted by molar-refractivity contribution is 6.40. The molecule has 104 valence electrons. The van der Waals surface area contributed by atoms with E-state index in [9.17, 15) is 9.59 Å². The van der Waals surface area contributed by atoms with E-state index in [4.69, 9.17) is 33.0 Å². The van der Waals surface area contributed by atoms with Crippen LogP contribution in [0.25, 0.3) is 0 Å². The van der Waals surface area contributed by atoms with Crippen molar-refractivity contribution in [3.63, 3.8) is 0 Å². The van der Waals surface area contributed by atoms with Crippen molar-refractivity contribution in [2.24, 2.45) is 0 Å². The van der Waals surface area contributed by atoms with Gasteiger partial charge < -0.3 is 9.84 Å². The van der Waals surface area contributed by atoms with Gasteiger partial charge in [-0.25, -0.2) is 19.6 Å². The number of nitrogens with one attached hydrogen (secondary N) is 1. The third-order valence-corrected chi connectivity index (χ3v) is 2.26. The Morgan fingerprint density at radius 3 is 2.21 bits per heavy atom. The van der Waals surface area contributed by atoms with Gasteiger partial charge in [-0.1, -0.05) is 23.2 Å². The molecule has 2 N–H and O–H groups in total. The summed E-state index contributed by atoms with van der Waals surface area (Å²) < 4.78 is 4.96. The highest BCUT2D eigenvalue weighted by atomic mass is 35.5. The van der Waals surface area contributed by atoms with Crippen LogP contribution in [0.4, 0.5) is 10.6 Å². The van der Waals surface area contributed by atoms with Gasteiger partial charge in [0.25, 0.3) is 0 Å². The zero-order chi connectivity index (χ0) is 14.8. The summed E-state index contributed by atoms with van der Waals surface area (Å²) in [5.74, 6) is -1.74. The molecule has 1 amide bonds. The van der Waals surface area contributed by atoms with E-state index in [1.165, 1.54) is 0 Å². The molecule has 0 aliphatic rings. The normalized spacial score (nSPS) is 11.0. The van der Waals surface area contributed by atoms with E-state index in [0.29, 0.717) is 0 Å². The van der Waals surface area contributed by atoms with Gasteiger partial charge in [0.15, 0.2) is 21.8 Å². The maximum atomic E-state index is 11.5. The van der Waals surface area contributed by atoms with Crippen LogP contribution in [0.2, 0.25) is 10.3 Å². The molecule has 0 radical (unpaired) electrons. The summed E-state index contributed by atoms with van der Waals surface area (Å²) in [6.45, 7) is 4.97. The van der Waals surface area contributed by atoms with Gasteiger partial charge >= 0.3 is 12.1 Å². The molecular weight excluding hydrogens is 297 g/mol. The standard InChI is InChI=1S/C10H11Cl2N3O4/c1-10(2,3)19-9(18)15-7-4(8(16)17)13-5(11)6(12)14-7/h1-3H3,(H,16,17)(H,14,15,18). The number of amides is 1. The van der Waals surface area contributed by atoms with Gasteiger partial charge in [0.1, 0.15) is 5.60 Å². The molecule has 1 aromatic rings. The average Bonchev–Trinajstić information content (AvgIpc) is 2.19. The zero-order valence-electron chi connectivity index (χ0n) is 10.3. The number of rotatable bonds is 2. The highest BCUT2D eigenvalue weighted by Crippen LogP contribution is 2.22. The maximum absolute atomic E-state index is 11.5. The molecule has 0 aliphatic heterocycles. The summed E-state index contributed by atoms with van der Waals surface area (Å²) in [6.07, 6.45) is -0.873. The molecule has 9 heteroatoms. The van der Waals surface area contributed by atoms with Crippen molar-refractivity contribution in [2.75, 3.05) is 5.32 Å². The Labute approximate surface area is 118 Å². The Morgan fingerprint density at radius 1 is 1.21 bits per heavy atom. The predicted molar refractivity (Wildman–Crippen MR) is 68.9 cm³/mol. The zero-order valence-corrected chi connectivity index (χ0v) is 11.8. The molecule has 1 rings (SSSR count). The third kappa shape index (κ3) is 4.53. The average molecular weight is 308 g/mol. The van der Waals surface area contributed by atoms with Gasteiger partial charge in [0.2, 0.25) is 0 Å².